The highest BCUT2D eigenvalue weighted by Crippen LogP contribution is 2.31. The van der Waals surface area contributed by atoms with Crippen LogP contribution < -0.4 is 15.8 Å². The highest BCUT2D eigenvalue weighted by Gasteiger charge is 2.21. The Hall–Kier alpha value is -1.77. The van der Waals surface area contributed by atoms with Crippen molar-refractivity contribution in [2.75, 3.05) is 6.61 Å². The molecule has 3 N–H and O–H groups in total. The molecule has 6 nitrogen and oxygen atoms in total. The summed E-state index contributed by atoms with van der Waals surface area (Å²) in [6.45, 7) is 5.26. The van der Waals surface area contributed by atoms with Gasteiger partial charge >= 0.3 is 0 Å². The summed E-state index contributed by atoms with van der Waals surface area (Å²) in [6.07, 6.45) is 0.873. The molecule has 0 bridgehead atoms. The molecule has 1 aromatic carbocycles. The van der Waals surface area contributed by atoms with Crippen LogP contribution in [0, 0.1) is 13.8 Å². The third-order valence-corrected chi connectivity index (χ3v) is 4.35. The molecule has 130 valence electrons. The summed E-state index contributed by atoms with van der Waals surface area (Å²) < 4.78 is 7.54. The van der Waals surface area contributed by atoms with Crippen molar-refractivity contribution in [2.45, 2.75) is 32.9 Å². The van der Waals surface area contributed by atoms with Gasteiger partial charge in [-0.05, 0) is 19.9 Å². The zero-order valence-electron chi connectivity index (χ0n) is 14.2. The second kappa shape index (κ2) is 7.87. The number of aliphatic imine (C=N–C) groups is 1. The highest BCUT2D eigenvalue weighted by molar-refractivity contribution is 14.0. The summed E-state index contributed by atoms with van der Waals surface area (Å²) in [5.41, 5.74) is 10.5. The van der Waals surface area contributed by atoms with Crippen LogP contribution in [0.5, 0.6) is 5.75 Å². The van der Waals surface area contributed by atoms with Gasteiger partial charge in [-0.25, -0.2) is 4.99 Å². The number of fused-ring (bicyclic) bond motifs is 1. The van der Waals surface area contributed by atoms with E-state index in [9.17, 15) is 0 Å². The Morgan fingerprint density at radius 1 is 1.42 bits per heavy atom. The van der Waals surface area contributed by atoms with Crippen LogP contribution >= 0.6 is 24.0 Å². The zero-order valence-corrected chi connectivity index (χ0v) is 16.6. The molecule has 1 aliphatic rings. The lowest BCUT2D eigenvalue weighted by Gasteiger charge is -2.26. The van der Waals surface area contributed by atoms with Gasteiger partial charge in [-0.15, -0.1) is 24.0 Å². The van der Waals surface area contributed by atoms with E-state index >= 15 is 0 Å². The lowest BCUT2D eigenvalue weighted by molar-refractivity contribution is 0.262. The van der Waals surface area contributed by atoms with Crippen molar-refractivity contribution in [1.82, 2.24) is 15.1 Å². The summed E-state index contributed by atoms with van der Waals surface area (Å²) in [5.74, 6) is 1.37. The lowest BCUT2D eigenvalue weighted by Crippen LogP contribution is -2.37. The first-order valence-corrected chi connectivity index (χ1v) is 7.83. The third kappa shape index (κ3) is 3.82. The summed E-state index contributed by atoms with van der Waals surface area (Å²) in [6, 6.07) is 8.18. The number of nitrogens with one attached hydrogen (secondary N) is 1. The Balaban J connectivity index is 0.00000208. The molecule has 3 rings (SSSR count). The number of hydrogen-bond donors (Lipinski definition) is 2. The van der Waals surface area contributed by atoms with Crippen molar-refractivity contribution in [3.63, 3.8) is 0 Å². The third-order valence-electron chi connectivity index (χ3n) is 4.35. The van der Waals surface area contributed by atoms with Gasteiger partial charge < -0.3 is 15.8 Å². The van der Waals surface area contributed by atoms with Crippen molar-refractivity contribution in [2.24, 2.45) is 17.8 Å². The summed E-state index contributed by atoms with van der Waals surface area (Å²) >= 11 is 0. The Labute approximate surface area is 159 Å². The standard InChI is InChI=1S/C17H23N5O.HI/c1-11-14(12(2)22(3)21-11)10-19-17(18)20-15-8-9-23-16-7-5-4-6-13(15)16;/h4-7,15H,8-10H2,1-3H3,(H3,18,19,20);1H. The number of guanidine groups is 1. The molecule has 2 heterocycles. The Kier molecular flexibility index (Phi) is 6.09. The number of hydrogen-bond acceptors (Lipinski definition) is 3. The number of ether oxygens (including phenoxy) is 1. The lowest BCUT2D eigenvalue weighted by atomic mass is 10.0. The number of aromatic nitrogens is 2. The molecule has 0 fully saturated rings. The van der Waals surface area contributed by atoms with Gasteiger partial charge in [0.2, 0.25) is 0 Å². The van der Waals surface area contributed by atoms with Gasteiger partial charge in [-0.1, -0.05) is 18.2 Å². The summed E-state index contributed by atoms with van der Waals surface area (Å²) in [4.78, 5) is 4.49. The molecular formula is C17H24IN5O. The van der Waals surface area contributed by atoms with E-state index < -0.39 is 0 Å². The highest BCUT2D eigenvalue weighted by atomic mass is 127. The van der Waals surface area contributed by atoms with Gasteiger partial charge in [0.25, 0.3) is 0 Å². The monoisotopic (exact) mass is 441 g/mol. The van der Waals surface area contributed by atoms with Crippen LogP contribution in [-0.4, -0.2) is 22.3 Å². The van der Waals surface area contributed by atoms with E-state index in [1.54, 1.807) is 0 Å². The molecule has 1 unspecified atom stereocenters. The molecule has 1 aliphatic heterocycles. The van der Waals surface area contributed by atoms with Crippen molar-refractivity contribution >= 4 is 29.9 Å². The fourth-order valence-electron chi connectivity index (χ4n) is 2.93. The fourth-order valence-corrected chi connectivity index (χ4v) is 2.93. The minimum atomic E-state index is 0. The van der Waals surface area contributed by atoms with Gasteiger partial charge in [0.1, 0.15) is 5.75 Å². The molecule has 1 aromatic heterocycles. The van der Waals surface area contributed by atoms with Crippen molar-refractivity contribution in [3.05, 3.63) is 46.8 Å². The minimum absolute atomic E-state index is 0. The number of rotatable bonds is 3. The first-order chi connectivity index (χ1) is 11.1. The normalized spacial score (nSPS) is 16.8. The second-order valence-electron chi connectivity index (χ2n) is 5.85. The maximum atomic E-state index is 6.09. The maximum Gasteiger partial charge on any atom is 0.189 e. The van der Waals surface area contributed by atoms with E-state index in [1.165, 1.54) is 0 Å². The van der Waals surface area contributed by atoms with Crippen LogP contribution in [0.15, 0.2) is 29.3 Å². The quantitative estimate of drug-likeness (QED) is 0.436. The molecule has 0 saturated carbocycles. The number of benzene rings is 1. The molecule has 24 heavy (non-hydrogen) atoms. The van der Waals surface area contributed by atoms with Gasteiger partial charge in [0.05, 0.1) is 24.9 Å². The van der Waals surface area contributed by atoms with Gasteiger partial charge in [0.15, 0.2) is 5.96 Å². The molecule has 0 saturated heterocycles. The van der Waals surface area contributed by atoms with E-state index in [-0.39, 0.29) is 30.0 Å². The fraction of sp³-hybridized carbons (Fsp3) is 0.412. The minimum Gasteiger partial charge on any atom is -0.493 e. The Morgan fingerprint density at radius 2 is 2.17 bits per heavy atom. The first-order valence-electron chi connectivity index (χ1n) is 7.83. The average molecular weight is 441 g/mol. The number of halogens is 1. The van der Waals surface area contributed by atoms with Crippen LogP contribution in [0.1, 0.15) is 35.0 Å². The smallest absolute Gasteiger partial charge is 0.189 e. The van der Waals surface area contributed by atoms with E-state index in [2.05, 4.69) is 21.5 Å². The van der Waals surface area contributed by atoms with E-state index in [0.717, 1.165) is 34.7 Å². The van der Waals surface area contributed by atoms with E-state index in [1.807, 2.05) is 43.8 Å². The summed E-state index contributed by atoms with van der Waals surface area (Å²) in [7, 11) is 1.94. The number of nitrogens with two attached hydrogens (primary N) is 1. The topological polar surface area (TPSA) is 77.5 Å². The van der Waals surface area contributed by atoms with Crippen molar-refractivity contribution in [1.29, 1.82) is 0 Å². The number of aryl methyl sites for hydroxylation is 2. The van der Waals surface area contributed by atoms with Gasteiger partial charge in [-0.2, -0.15) is 5.10 Å². The average Bonchev–Trinajstić information content (AvgIpc) is 2.78. The van der Waals surface area contributed by atoms with Crippen molar-refractivity contribution < 1.29 is 4.74 Å². The van der Waals surface area contributed by atoms with E-state index in [0.29, 0.717) is 19.1 Å². The van der Waals surface area contributed by atoms with Crippen LogP contribution in [0.4, 0.5) is 0 Å². The van der Waals surface area contributed by atoms with Crippen LogP contribution in [-0.2, 0) is 13.6 Å². The largest absolute Gasteiger partial charge is 0.493 e. The molecule has 0 spiro atoms. The molecule has 0 radical (unpaired) electrons. The summed E-state index contributed by atoms with van der Waals surface area (Å²) in [5, 5.41) is 7.72. The molecule has 0 amide bonds. The molecule has 7 heteroatoms. The SMILES string of the molecule is Cc1nn(C)c(C)c1CN=C(N)NC1CCOc2ccccc21.I. The van der Waals surface area contributed by atoms with Crippen LogP contribution in [0.2, 0.25) is 0 Å². The zero-order chi connectivity index (χ0) is 16.4. The number of para-hydroxylation sites is 1. The molecule has 1 atom stereocenters. The Morgan fingerprint density at radius 3 is 2.88 bits per heavy atom. The molecular weight excluding hydrogens is 417 g/mol. The molecule has 2 aromatic rings. The number of nitrogens with zero attached hydrogens (tertiary/aromatic N) is 3. The van der Waals surface area contributed by atoms with Crippen molar-refractivity contribution in [3.8, 4) is 5.75 Å². The Bertz CT molecular complexity index is 741. The maximum absolute atomic E-state index is 6.09. The van der Waals surface area contributed by atoms with Gasteiger partial charge in [0, 0.05) is 30.3 Å². The van der Waals surface area contributed by atoms with Crippen LogP contribution in [0.3, 0.4) is 0 Å². The predicted molar refractivity (Wildman–Crippen MR) is 106 cm³/mol. The predicted octanol–water partition coefficient (Wildman–Crippen LogP) is 2.58. The first kappa shape index (κ1) is 18.6. The second-order valence-corrected chi connectivity index (χ2v) is 5.85. The van der Waals surface area contributed by atoms with E-state index in [4.69, 9.17) is 10.5 Å². The van der Waals surface area contributed by atoms with Gasteiger partial charge in [-0.3, -0.25) is 4.68 Å². The molecule has 0 aliphatic carbocycles. The van der Waals surface area contributed by atoms with Crippen LogP contribution in [0.25, 0.3) is 0 Å².